The first-order valence-electron chi connectivity index (χ1n) is 16.5. The van der Waals surface area contributed by atoms with E-state index >= 15 is 0 Å². The van der Waals surface area contributed by atoms with Crippen LogP contribution in [0.15, 0.2) is 168 Å². The first-order valence-corrected chi connectivity index (χ1v) is 17.5. The fraction of sp³-hybridized carbons (Fsp3) is 0.0227. The molecule has 50 heavy (non-hydrogen) atoms. The third-order valence-electron chi connectivity index (χ3n) is 9.38. The smallest absolute Gasteiger partial charge is 0.148 e. The summed E-state index contributed by atoms with van der Waals surface area (Å²) in [6.45, 7) is 0. The average molecular weight is 666 g/mol. The van der Waals surface area contributed by atoms with Crippen LogP contribution >= 0.6 is 11.8 Å². The quantitative estimate of drug-likeness (QED) is 0.132. The molecule has 0 saturated carbocycles. The number of rotatable bonds is 7. The zero-order valence-electron chi connectivity index (χ0n) is 26.9. The van der Waals surface area contributed by atoms with E-state index < -0.39 is 0 Å². The zero-order chi connectivity index (χ0) is 33.6. The van der Waals surface area contributed by atoms with Gasteiger partial charge in [-0.2, -0.15) is 0 Å². The van der Waals surface area contributed by atoms with E-state index in [9.17, 15) is 10.2 Å². The van der Waals surface area contributed by atoms with Crippen molar-refractivity contribution in [1.82, 2.24) is 9.13 Å². The summed E-state index contributed by atoms with van der Waals surface area (Å²) < 4.78 is 4.26. The molecule has 0 aliphatic rings. The highest BCUT2D eigenvalue weighted by Crippen LogP contribution is 2.40. The molecular weight excluding hydrogens is 635 g/mol. The van der Waals surface area contributed by atoms with Crippen LogP contribution in [0.2, 0.25) is 0 Å². The summed E-state index contributed by atoms with van der Waals surface area (Å²) in [6.07, 6.45) is 1.73. The largest absolute Gasteiger partial charge is 0.505 e. The van der Waals surface area contributed by atoms with Gasteiger partial charge < -0.3 is 19.3 Å². The Bertz CT molecular complexity index is 2650. The molecule has 2 aromatic heterocycles. The molecule has 0 spiro atoms. The van der Waals surface area contributed by atoms with Gasteiger partial charge in [-0.05, 0) is 54.6 Å². The van der Waals surface area contributed by atoms with Crippen LogP contribution in [0, 0.1) is 0 Å². The van der Waals surface area contributed by atoms with Crippen LogP contribution in [0.25, 0.3) is 55.0 Å². The Kier molecular flexibility index (Phi) is 7.37. The molecule has 6 heteroatoms. The predicted octanol–water partition coefficient (Wildman–Crippen LogP) is 11.3. The molecule has 9 rings (SSSR count). The number of fused-ring (bicyclic) bond motifs is 6. The molecule has 0 fully saturated rings. The van der Waals surface area contributed by atoms with Gasteiger partial charge in [0.15, 0.2) is 0 Å². The summed E-state index contributed by atoms with van der Waals surface area (Å²) in [5.74, 6) is 0.983. The number of phenols is 2. The fourth-order valence-corrected chi connectivity index (χ4v) is 8.04. The molecule has 0 bridgehead atoms. The second-order valence-corrected chi connectivity index (χ2v) is 13.3. The van der Waals surface area contributed by atoms with Gasteiger partial charge in [-0.15, -0.1) is 11.8 Å². The zero-order valence-corrected chi connectivity index (χ0v) is 27.8. The van der Waals surface area contributed by atoms with Crippen molar-refractivity contribution in [3.8, 4) is 22.9 Å². The summed E-state index contributed by atoms with van der Waals surface area (Å²) in [7, 11) is 0. The molecule has 5 nitrogen and oxygen atoms in total. The van der Waals surface area contributed by atoms with Gasteiger partial charge in [0.2, 0.25) is 0 Å². The molecule has 0 radical (unpaired) electrons. The SMILES string of the molecule is Oc1c(C=Nc2ccccc2SCc2cccc(-n3c4ccccc4c4ccccc43)c2O)cccc1-n1c2ccccc2c2ccccc21. The Labute approximate surface area is 293 Å². The van der Waals surface area contributed by atoms with Crippen molar-refractivity contribution in [2.75, 3.05) is 0 Å². The van der Waals surface area contributed by atoms with Crippen LogP contribution in [0.3, 0.4) is 0 Å². The van der Waals surface area contributed by atoms with Crippen molar-refractivity contribution in [2.45, 2.75) is 10.6 Å². The number of aromatic nitrogens is 2. The molecule has 0 saturated heterocycles. The monoisotopic (exact) mass is 665 g/mol. The Morgan fingerprint density at radius 3 is 1.50 bits per heavy atom. The third-order valence-corrected chi connectivity index (χ3v) is 10.5. The highest BCUT2D eigenvalue weighted by molar-refractivity contribution is 7.98. The van der Waals surface area contributed by atoms with Gasteiger partial charge in [0.25, 0.3) is 0 Å². The normalized spacial score (nSPS) is 11.8. The number of benzene rings is 7. The van der Waals surface area contributed by atoms with Crippen LogP contribution in [-0.2, 0) is 5.75 Å². The highest BCUT2D eigenvalue weighted by Gasteiger charge is 2.18. The molecule has 240 valence electrons. The maximum atomic E-state index is 11.7. The van der Waals surface area contributed by atoms with Crippen LogP contribution in [0.1, 0.15) is 11.1 Å². The van der Waals surface area contributed by atoms with Crippen LogP contribution < -0.4 is 0 Å². The van der Waals surface area contributed by atoms with E-state index in [1.165, 1.54) is 0 Å². The van der Waals surface area contributed by atoms with Crippen molar-refractivity contribution >= 4 is 67.3 Å². The lowest BCUT2D eigenvalue weighted by Crippen LogP contribution is -1.97. The van der Waals surface area contributed by atoms with Gasteiger partial charge in [-0.3, -0.25) is 4.99 Å². The third kappa shape index (κ3) is 4.92. The number of thioether (sulfide) groups is 1. The molecule has 2 N–H and O–H groups in total. The van der Waals surface area contributed by atoms with Crippen molar-refractivity contribution < 1.29 is 10.2 Å². The van der Waals surface area contributed by atoms with E-state index in [0.717, 1.165) is 65.4 Å². The lowest BCUT2D eigenvalue weighted by molar-refractivity contribution is 0.468. The van der Waals surface area contributed by atoms with Crippen molar-refractivity contribution in [3.05, 3.63) is 169 Å². The average Bonchev–Trinajstić information content (AvgIpc) is 3.67. The van der Waals surface area contributed by atoms with E-state index in [1.807, 2.05) is 97.1 Å². The van der Waals surface area contributed by atoms with Crippen molar-refractivity contribution in [3.63, 3.8) is 0 Å². The van der Waals surface area contributed by atoms with Gasteiger partial charge in [-0.1, -0.05) is 103 Å². The Balaban J connectivity index is 1.03. The number of hydrogen-bond donors (Lipinski definition) is 2. The second-order valence-electron chi connectivity index (χ2n) is 12.3. The number of hydrogen-bond acceptors (Lipinski definition) is 4. The summed E-state index contributed by atoms with van der Waals surface area (Å²) in [5.41, 5.74) is 7.88. The Hall–Kier alpha value is -6.24. The number of para-hydroxylation sites is 7. The number of nitrogens with zero attached hydrogens (tertiary/aromatic N) is 3. The minimum Gasteiger partial charge on any atom is -0.505 e. The number of phenolic OH excluding ortho intramolecular Hbond substituents is 2. The molecule has 0 aliphatic heterocycles. The molecule has 0 atom stereocenters. The molecule has 9 aromatic rings. The maximum Gasteiger partial charge on any atom is 0.148 e. The van der Waals surface area contributed by atoms with Gasteiger partial charge in [0.05, 0.1) is 39.1 Å². The maximum absolute atomic E-state index is 11.7. The van der Waals surface area contributed by atoms with Crippen LogP contribution in [-0.4, -0.2) is 25.6 Å². The first-order chi connectivity index (χ1) is 24.7. The standard InChI is InChI=1S/C44H31N3O2S/c48-43-29(13-11-24-40(43)46-36-20-6-1-15-31(36)32-16-2-7-21-37(32)46)27-45-35-19-5-10-26-42(35)50-28-30-14-12-25-41(44(30)49)47-38-22-8-3-17-33(38)34-18-4-9-23-39(34)47/h1-27,48-49H,28H2. The summed E-state index contributed by atoms with van der Waals surface area (Å²) in [4.78, 5) is 5.84. The van der Waals surface area contributed by atoms with Gasteiger partial charge in [0, 0.05) is 49.5 Å². The first kappa shape index (κ1) is 29.9. The Morgan fingerprint density at radius 2 is 0.940 bits per heavy atom. The van der Waals surface area contributed by atoms with Crippen LogP contribution in [0.5, 0.6) is 11.5 Å². The lowest BCUT2D eigenvalue weighted by atomic mass is 10.1. The molecule has 0 aliphatic carbocycles. The lowest BCUT2D eigenvalue weighted by Gasteiger charge is -2.14. The molecular formula is C44H31N3O2S. The van der Waals surface area contributed by atoms with Gasteiger partial charge in [0.1, 0.15) is 11.5 Å². The topological polar surface area (TPSA) is 62.7 Å². The molecule has 7 aromatic carbocycles. The van der Waals surface area contributed by atoms with E-state index in [0.29, 0.717) is 17.0 Å². The van der Waals surface area contributed by atoms with E-state index in [1.54, 1.807) is 18.0 Å². The summed E-state index contributed by atoms with van der Waals surface area (Å²) in [5, 5.41) is 27.8. The minimum atomic E-state index is 0.166. The van der Waals surface area contributed by atoms with Crippen molar-refractivity contribution in [2.24, 2.45) is 4.99 Å². The molecule has 0 unspecified atom stereocenters. The fourth-order valence-electron chi connectivity index (χ4n) is 7.05. The predicted molar refractivity (Wildman–Crippen MR) is 208 cm³/mol. The van der Waals surface area contributed by atoms with Crippen molar-refractivity contribution in [1.29, 1.82) is 0 Å². The molecule has 0 amide bonds. The minimum absolute atomic E-state index is 0.166. The van der Waals surface area contributed by atoms with E-state index in [2.05, 4.69) is 69.8 Å². The Morgan fingerprint density at radius 1 is 0.480 bits per heavy atom. The number of aromatic hydroxyl groups is 2. The van der Waals surface area contributed by atoms with Gasteiger partial charge in [-0.25, -0.2) is 0 Å². The number of aliphatic imine (C=N–C) groups is 1. The second kappa shape index (κ2) is 12.3. The summed E-state index contributed by atoms with van der Waals surface area (Å²) >= 11 is 1.62. The van der Waals surface area contributed by atoms with Crippen LogP contribution in [0.4, 0.5) is 5.69 Å². The highest BCUT2D eigenvalue weighted by atomic mass is 32.2. The molecule has 2 heterocycles. The van der Waals surface area contributed by atoms with E-state index in [4.69, 9.17) is 4.99 Å². The summed E-state index contributed by atoms with van der Waals surface area (Å²) in [6, 6.07) is 52.9. The van der Waals surface area contributed by atoms with Gasteiger partial charge >= 0.3 is 0 Å². The van der Waals surface area contributed by atoms with E-state index in [-0.39, 0.29) is 11.5 Å².